The van der Waals surface area contributed by atoms with Crippen LogP contribution >= 0.6 is 11.6 Å². The van der Waals surface area contributed by atoms with Gasteiger partial charge in [-0.25, -0.2) is 0 Å². The number of hydrogen-bond acceptors (Lipinski definition) is 4. The number of nitrogens with one attached hydrogen (secondary N) is 1. The molecule has 0 bridgehead atoms. The van der Waals surface area contributed by atoms with Gasteiger partial charge in [0.2, 0.25) is 11.8 Å². The summed E-state index contributed by atoms with van der Waals surface area (Å²) in [5.74, 6) is -0.505. The summed E-state index contributed by atoms with van der Waals surface area (Å²) in [5, 5.41) is 22.4. The van der Waals surface area contributed by atoms with Gasteiger partial charge in [0.1, 0.15) is 0 Å². The Labute approximate surface area is 159 Å². The Morgan fingerprint density at radius 1 is 1.31 bits per heavy atom. The minimum atomic E-state index is -1.01. The third-order valence-electron chi connectivity index (χ3n) is 5.13. The molecule has 1 unspecified atom stereocenters. The smallest absolute Gasteiger partial charge is 0.225 e. The minimum absolute atomic E-state index is 0.0501. The molecule has 6 nitrogen and oxygen atoms in total. The molecule has 2 amide bonds. The van der Waals surface area contributed by atoms with Crippen molar-refractivity contribution < 1.29 is 19.8 Å². The van der Waals surface area contributed by atoms with E-state index >= 15 is 0 Å². The molecule has 1 aromatic carbocycles. The van der Waals surface area contributed by atoms with Crippen LogP contribution in [0.5, 0.6) is 0 Å². The number of likely N-dealkylation sites (tertiary alicyclic amines) is 1. The van der Waals surface area contributed by atoms with E-state index in [2.05, 4.69) is 5.32 Å². The average molecular weight is 383 g/mol. The lowest BCUT2D eigenvalue weighted by Crippen LogP contribution is -2.57. The molecule has 0 aromatic heterocycles. The molecule has 1 heterocycles. The Kier molecular flexibility index (Phi) is 7.43. The van der Waals surface area contributed by atoms with Crippen LogP contribution < -0.4 is 5.32 Å². The maximum Gasteiger partial charge on any atom is 0.225 e. The van der Waals surface area contributed by atoms with Crippen molar-refractivity contribution in [2.75, 3.05) is 26.3 Å². The molecule has 26 heavy (non-hydrogen) atoms. The molecular weight excluding hydrogens is 356 g/mol. The van der Waals surface area contributed by atoms with Crippen LogP contribution in [0.25, 0.3) is 0 Å². The monoisotopic (exact) mass is 382 g/mol. The molecule has 1 aliphatic heterocycles. The molecular formula is C19H27ClN2O4. The van der Waals surface area contributed by atoms with Gasteiger partial charge < -0.3 is 20.4 Å². The van der Waals surface area contributed by atoms with Gasteiger partial charge in [0.15, 0.2) is 0 Å². The van der Waals surface area contributed by atoms with Crippen molar-refractivity contribution >= 4 is 23.4 Å². The van der Waals surface area contributed by atoms with Gasteiger partial charge in [-0.05, 0) is 37.0 Å². The van der Waals surface area contributed by atoms with E-state index in [0.717, 1.165) is 5.56 Å². The van der Waals surface area contributed by atoms with E-state index in [0.29, 0.717) is 43.8 Å². The molecule has 0 saturated carbocycles. The summed E-state index contributed by atoms with van der Waals surface area (Å²) in [5.41, 5.74) is 0.0755. The van der Waals surface area contributed by atoms with Crippen LogP contribution in [0.2, 0.25) is 5.02 Å². The summed E-state index contributed by atoms with van der Waals surface area (Å²) >= 11 is 5.88. The number of benzene rings is 1. The highest BCUT2D eigenvalue weighted by atomic mass is 35.5. The summed E-state index contributed by atoms with van der Waals surface area (Å²) in [6.45, 7) is 2.06. The van der Waals surface area contributed by atoms with Crippen LogP contribution in [-0.2, 0) is 16.0 Å². The fourth-order valence-corrected chi connectivity index (χ4v) is 3.19. The van der Waals surface area contributed by atoms with Crippen molar-refractivity contribution in [1.29, 1.82) is 0 Å². The molecule has 1 saturated heterocycles. The van der Waals surface area contributed by atoms with E-state index in [1.807, 2.05) is 24.3 Å². The second-order valence-electron chi connectivity index (χ2n) is 6.89. The zero-order valence-corrected chi connectivity index (χ0v) is 15.8. The molecule has 0 aliphatic carbocycles. The Morgan fingerprint density at radius 3 is 2.54 bits per heavy atom. The van der Waals surface area contributed by atoms with Gasteiger partial charge in [-0.15, -0.1) is 0 Å². The van der Waals surface area contributed by atoms with Gasteiger partial charge in [-0.1, -0.05) is 30.7 Å². The summed E-state index contributed by atoms with van der Waals surface area (Å²) in [6, 6.07) is 7.50. The number of aliphatic hydroxyl groups is 2. The largest absolute Gasteiger partial charge is 0.394 e. The van der Waals surface area contributed by atoms with Crippen LogP contribution in [0.4, 0.5) is 0 Å². The van der Waals surface area contributed by atoms with Crippen LogP contribution in [-0.4, -0.2) is 58.8 Å². The normalized spacial score (nSPS) is 18.1. The summed E-state index contributed by atoms with van der Waals surface area (Å²) in [4.78, 5) is 26.5. The van der Waals surface area contributed by atoms with Crippen molar-refractivity contribution in [2.45, 2.75) is 38.1 Å². The minimum Gasteiger partial charge on any atom is -0.394 e. The molecule has 1 aromatic rings. The Bertz CT molecular complexity index is 608. The van der Waals surface area contributed by atoms with E-state index in [1.165, 1.54) is 0 Å². The highest BCUT2D eigenvalue weighted by Crippen LogP contribution is 2.20. The molecule has 144 valence electrons. The number of carbonyl (C=O) groups excluding carboxylic acids is 2. The van der Waals surface area contributed by atoms with Crippen molar-refractivity contribution in [1.82, 2.24) is 10.2 Å². The van der Waals surface area contributed by atoms with E-state index in [1.54, 1.807) is 11.8 Å². The Hall–Kier alpha value is -1.63. The van der Waals surface area contributed by atoms with Crippen LogP contribution in [0.15, 0.2) is 24.3 Å². The number of halogens is 1. The molecule has 2 rings (SSSR count). The lowest BCUT2D eigenvalue weighted by atomic mass is 9.92. The van der Waals surface area contributed by atoms with Gasteiger partial charge in [0.05, 0.1) is 24.7 Å². The van der Waals surface area contributed by atoms with Crippen LogP contribution in [0, 0.1) is 5.92 Å². The third-order valence-corrected chi connectivity index (χ3v) is 5.38. The molecule has 3 N–H and O–H groups in total. The quantitative estimate of drug-likeness (QED) is 0.633. The number of rotatable bonds is 8. The first-order valence-electron chi connectivity index (χ1n) is 8.99. The van der Waals surface area contributed by atoms with Crippen LogP contribution in [0.3, 0.4) is 0 Å². The molecule has 0 spiro atoms. The average Bonchev–Trinajstić information content (AvgIpc) is 2.66. The lowest BCUT2D eigenvalue weighted by molar-refractivity contribution is -0.139. The number of amides is 2. The zero-order valence-electron chi connectivity index (χ0n) is 15.1. The predicted octanol–water partition coefficient (Wildman–Crippen LogP) is 1.37. The first-order chi connectivity index (χ1) is 12.4. The van der Waals surface area contributed by atoms with Crippen molar-refractivity contribution in [2.24, 2.45) is 5.92 Å². The first-order valence-corrected chi connectivity index (χ1v) is 9.37. The fourth-order valence-electron chi connectivity index (χ4n) is 3.06. The van der Waals surface area contributed by atoms with E-state index in [-0.39, 0.29) is 30.9 Å². The van der Waals surface area contributed by atoms with Crippen LogP contribution in [0.1, 0.15) is 31.7 Å². The first kappa shape index (κ1) is 20.7. The zero-order chi connectivity index (χ0) is 19.2. The third kappa shape index (κ3) is 5.19. The number of hydrogen-bond donors (Lipinski definition) is 3. The van der Waals surface area contributed by atoms with Gasteiger partial charge in [0, 0.05) is 24.5 Å². The summed E-state index contributed by atoms with van der Waals surface area (Å²) < 4.78 is 0. The molecule has 1 aliphatic rings. The maximum absolute atomic E-state index is 12.6. The van der Waals surface area contributed by atoms with Crippen molar-refractivity contribution in [3.05, 3.63) is 34.9 Å². The predicted molar refractivity (Wildman–Crippen MR) is 99.8 cm³/mol. The molecule has 7 heteroatoms. The second kappa shape index (κ2) is 9.35. The van der Waals surface area contributed by atoms with E-state index < -0.39 is 5.54 Å². The maximum atomic E-state index is 12.6. The highest BCUT2D eigenvalue weighted by Gasteiger charge is 2.35. The molecule has 0 radical (unpaired) electrons. The van der Waals surface area contributed by atoms with Gasteiger partial charge >= 0.3 is 0 Å². The Morgan fingerprint density at radius 2 is 1.96 bits per heavy atom. The summed E-state index contributed by atoms with van der Waals surface area (Å²) in [6.07, 6.45) is 1.94. The number of piperidine rings is 1. The number of carbonyl (C=O) groups is 2. The summed E-state index contributed by atoms with van der Waals surface area (Å²) in [7, 11) is 0. The number of nitrogens with zero attached hydrogens (tertiary/aromatic N) is 1. The fraction of sp³-hybridized carbons (Fsp3) is 0.579. The SMILES string of the molecule is CCC(CO)(CO)NC(=O)C1CCC(=O)N(CCc2ccc(Cl)cc2)C1. The van der Waals surface area contributed by atoms with Gasteiger partial charge in [-0.2, -0.15) is 0 Å². The van der Waals surface area contributed by atoms with E-state index in [9.17, 15) is 19.8 Å². The standard InChI is InChI=1S/C19H27ClN2O4/c1-2-19(12-23,13-24)21-18(26)15-5-8-17(25)22(11-15)10-9-14-3-6-16(20)7-4-14/h3-4,6-7,15,23-24H,2,5,8-13H2,1H3,(H,21,26). The Balaban J connectivity index is 1.94. The van der Waals surface area contributed by atoms with Gasteiger partial charge in [0.25, 0.3) is 0 Å². The van der Waals surface area contributed by atoms with Crippen molar-refractivity contribution in [3.63, 3.8) is 0 Å². The lowest BCUT2D eigenvalue weighted by Gasteiger charge is -2.35. The topological polar surface area (TPSA) is 89.9 Å². The molecule has 1 atom stereocenters. The van der Waals surface area contributed by atoms with Gasteiger partial charge in [-0.3, -0.25) is 9.59 Å². The van der Waals surface area contributed by atoms with E-state index in [4.69, 9.17) is 11.6 Å². The second-order valence-corrected chi connectivity index (χ2v) is 7.33. The highest BCUT2D eigenvalue weighted by molar-refractivity contribution is 6.30. The molecule has 1 fully saturated rings. The van der Waals surface area contributed by atoms with Crippen molar-refractivity contribution in [3.8, 4) is 0 Å². The number of aliphatic hydroxyl groups excluding tert-OH is 2.